The molecule has 1 N–H and O–H groups in total. The number of aromatic nitrogens is 1. The van der Waals surface area contributed by atoms with E-state index in [0.717, 1.165) is 11.1 Å². The molecule has 0 spiro atoms. The molecule has 0 aliphatic rings. The minimum atomic E-state index is -0.333. The van der Waals surface area contributed by atoms with Gasteiger partial charge in [-0.15, -0.1) is 0 Å². The van der Waals surface area contributed by atoms with Crippen LogP contribution in [0.15, 0.2) is 42.7 Å². The maximum absolute atomic E-state index is 12.9. The first-order chi connectivity index (χ1) is 8.78. The number of hydrogen-bond donors (Lipinski definition) is 1. The largest absolute Gasteiger partial charge is 0.309 e. The van der Waals surface area contributed by atoms with Crippen LogP contribution in [0.4, 0.5) is 4.39 Å². The third-order valence-electron chi connectivity index (χ3n) is 2.48. The molecule has 0 saturated heterocycles. The van der Waals surface area contributed by atoms with Gasteiger partial charge in [0, 0.05) is 19.3 Å². The van der Waals surface area contributed by atoms with Crippen molar-refractivity contribution in [3.05, 3.63) is 65.2 Å². The highest BCUT2D eigenvalue weighted by Gasteiger charge is 1.98. The Morgan fingerprint density at radius 1 is 1.17 bits per heavy atom. The summed E-state index contributed by atoms with van der Waals surface area (Å²) >= 11 is 0. The first-order valence-electron chi connectivity index (χ1n) is 5.57. The number of benzene rings is 1. The van der Waals surface area contributed by atoms with Crippen molar-refractivity contribution in [1.29, 1.82) is 5.26 Å². The van der Waals surface area contributed by atoms with E-state index in [0.29, 0.717) is 18.7 Å². The van der Waals surface area contributed by atoms with Gasteiger partial charge in [0.05, 0.1) is 17.8 Å². The maximum Gasteiger partial charge on any atom is 0.141 e. The average molecular weight is 241 g/mol. The zero-order chi connectivity index (χ0) is 12.8. The predicted octanol–water partition coefficient (Wildman–Crippen LogP) is 2.38. The minimum Gasteiger partial charge on any atom is -0.309 e. The van der Waals surface area contributed by atoms with Crippen LogP contribution >= 0.6 is 0 Å². The Labute approximate surface area is 105 Å². The van der Waals surface area contributed by atoms with Gasteiger partial charge in [-0.1, -0.05) is 12.1 Å². The fourth-order valence-corrected chi connectivity index (χ4v) is 1.65. The lowest BCUT2D eigenvalue weighted by atomic mass is 10.1. The molecule has 0 atom stereocenters. The summed E-state index contributed by atoms with van der Waals surface area (Å²) in [5.74, 6) is -0.333. The highest BCUT2D eigenvalue weighted by molar-refractivity contribution is 5.32. The van der Waals surface area contributed by atoms with Gasteiger partial charge in [0.2, 0.25) is 0 Å². The van der Waals surface area contributed by atoms with Gasteiger partial charge in [-0.2, -0.15) is 5.26 Å². The molecular formula is C14H12FN3. The Morgan fingerprint density at radius 2 is 2.00 bits per heavy atom. The SMILES string of the molecule is N#Cc1cccc(CNCc2cncc(F)c2)c1. The predicted molar refractivity (Wildman–Crippen MR) is 65.9 cm³/mol. The second-order valence-corrected chi connectivity index (χ2v) is 3.93. The molecule has 0 fully saturated rings. The van der Waals surface area contributed by atoms with Gasteiger partial charge in [0.15, 0.2) is 0 Å². The summed E-state index contributed by atoms with van der Waals surface area (Å²) in [6.07, 6.45) is 2.81. The van der Waals surface area contributed by atoms with E-state index in [-0.39, 0.29) is 5.82 Å². The van der Waals surface area contributed by atoms with Crippen molar-refractivity contribution >= 4 is 0 Å². The molecule has 2 aromatic rings. The molecule has 4 heteroatoms. The molecule has 18 heavy (non-hydrogen) atoms. The van der Waals surface area contributed by atoms with Crippen molar-refractivity contribution in [1.82, 2.24) is 10.3 Å². The lowest BCUT2D eigenvalue weighted by molar-refractivity contribution is 0.612. The summed E-state index contributed by atoms with van der Waals surface area (Å²) in [7, 11) is 0. The third kappa shape index (κ3) is 3.37. The average Bonchev–Trinajstić information content (AvgIpc) is 2.39. The maximum atomic E-state index is 12.9. The fraction of sp³-hybridized carbons (Fsp3) is 0.143. The molecule has 90 valence electrons. The van der Waals surface area contributed by atoms with Gasteiger partial charge in [-0.3, -0.25) is 4.98 Å². The molecule has 1 aromatic carbocycles. The molecule has 0 bridgehead atoms. The Bertz CT molecular complexity index is 575. The van der Waals surface area contributed by atoms with E-state index in [1.807, 2.05) is 18.2 Å². The molecule has 0 radical (unpaired) electrons. The van der Waals surface area contributed by atoms with E-state index >= 15 is 0 Å². The number of hydrogen-bond acceptors (Lipinski definition) is 3. The van der Waals surface area contributed by atoms with Crippen molar-refractivity contribution < 1.29 is 4.39 Å². The summed E-state index contributed by atoms with van der Waals surface area (Å²) < 4.78 is 12.9. The molecule has 0 saturated carbocycles. The second kappa shape index (κ2) is 5.89. The zero-order valence-corrected chi connectivity index (χ0v) is 9.73. The van der Waals surface area contributed by atoms with E-state index in [4.69, 9.17) is 5.26 Å². The number of nitriles is 1. The molecular weight excluding hydrogens is 229 g/mol. The number of nitrogens with zero attached hydrogens (tertiary/aromatic N) is 2. The van der Waals surface area contributed by atoms with Crippen LogP contribution in [0, 0.1) is 17.1 Å². The molecule has 1 aromatic heterocycles. The van der Waals surface area contributed by atoms with E-state index in [1.165, 1.54) is 12.3 Å². The number of halogens is 1. The quantitative estimate of drug-likeness (QED) is 0.894. The highest BCUT2D eigenvalue weighted by atomic mass is 19.1. The summed E-state index contributed by atoms with van der Waals surface area (Å²) in [6.45, 7) is 1.17. The van der Waals surface area contributed by atoms with Gasteiger partial charge in [-0.25, -0.2) is 4.39 Å². The molecule has 3 nitrogen and oxygen atoms in total. The lowest BCUT2D eigenvalue weighted by Crippen LogP contribution is -2.13. The monoisotopic (exact) mass is 241 g/mol. The van der Waals surface area contributed by atoms with Crippen molar-refractivity contribution in [3.8, 4) is 6.07 Å². The van der Waals surface area contributed by atoms with Crippen LogP contribution < -0.4 is 5.32 Å². The van der Waals surface area contributed by atoms with Crippen LogP contribution in [0.3, 0.4) is 0 Å². The lowest BCUT2D eigenvalue weighted by Gasteiger charge is -2.05. The highest BCUT2D eigenvalue weighted by Crippen LogP contribution is 2.05. The zero-order valence-electron chi connectivity index (χ0n) is 9.73. The molecule has 2 rings (SSSR count). The normalized spacial score (nSPS) is 10.0. The van der Waals surface area contributed by atoms with Gasteiger partial charge >= 0.3 is 0 Å². The van der Waals surface area contributed by atoms with Crippen molar-refractivity contribution in [3.63, 3.8) is 0 Å². The Morgan fingerprint density at radius 3 is 2.78 bits per heavy atom. The van der Waals surface area contributed by atoms with E-state index in [2.05, 4.69) is 16.4 Å². The van der Waals surface area contributed by atoms with Crippen molar-refractivity contribution in [2.75, 3.05) is 0 Å². The molecule has 0 aliphatic heterocycles. The van der Waals surface area contributed by atoms with Gasteiger partial charge in [0.25, 0.3) is 0 Å². The van der Waals surface area contributed by atoms with Crippen molar-refractivity contribution in [2.24, 2.45) is 0 Å². The topological polar surface area (TPSA) is 48.7 Å². The Balaban J connectivity index is 1.90. The van der Waals surface area contributed by atoms with E-state index < -0.39 is 0 Å². The first kappa shape index (κ1) is 12.2. The summed E-state index contributed by atoms with van der Waals surface area (Å²) in [5.41, 5.74) is 2.46. The van der Waals surface area contributed by atoms with Crippen LogP contribution in [-0.4, -0.2) is 4.98 Å². The molecule has 1 heterocycles. The third-order valence-corrected chi connectivity index (χ3v) is 2.48. The summed E-state index contributed by atoms with van der Waals surface area (Å²) in [4.78, 5) is 3.78. The summed E-state index contributed by atoms with van der Waals surface area (Å²) in [6, 6.07) is 10.9. The molecule has 0 amide bonds. The van der Waals surface area contributed by atoms with E-state index in [1.54, 1.807) is 12.3 Å². The van der Waals surface area contributed by atoms with Gasteiger partial charge < -0.3 is 5.32 Å². The standard InChI is InChI=1S/C14H12FN3/c15-14-5-13(9-18-10-14)8-17-7-12-3-1-2-11(4-12)6-16/h1-5,9-10,17H,7-8H2. The van der Waals surface area contributed by atoms with E-state index in [9.17, 15) is 4.39 Å². The molecule has 0 aliphatic carbocycles. The Kier molecular flexibility index (Phi) is 4.00. The number of rotatable bonds is 4. The van der Waals surface area contributed by atoms with Gasteiger partial charge in [0.1, 0.15) is 5.82 Å². The van der Waals surface area contributed by atoms with Crippen LogP contribution in [0.5, 0.6) is 0 Å². The number of nitrogens with one attached hydrogen (secondary N) is 1. The minimum absolute atomic E-state index is 0.333. The summed E-state index contributed by atoms with van der Waals surface area (Å²) in [5, 5.41) is 12.0. The van der Waals surface area contributed by atoms with Crippen molar-refractivity contribution in [2.45, 2.75) is 13.1 Å². The fourth-order valence-electron chi connectivity index (χ4n) is 1.65. The number of pyridine rings is 1. The smallest absolute Gasteiger partial charge is 0.141 e. The Hall–Kier alpha value is -2.25. The van der Waals surface area contributed by atoms with Crippen LogP contribution in [0.1, 0.15) is 16.7 Å². The second-order valence-electron chi connectivity index (χ2n) is 3.93. The van der Waals surface area contributed by atoms with Crippen LogP contribution in [0.2, 0.25) is 0 Å². The van der Waals surface area contributed by atoms with Crippen LogP contribution in [0.25, 0.3) is 0 Å². The van der Waals surface area contributed by atoms with Gasteiger partial charge in [-0.05, 0) is 29.3 Å². The van der Waals surface area contributed by atoms with Crippen LogP contribution in [-0.2, 0) is 13.1 Å². The first-order valence-corrected chi connectivity index (χ1v) is 5.57. The molecule has 0 unspecified atom stereocenters.